The van der Waals surface area contributed by atoms with Gasteiger partial charge in [0.15, 0.2) is 11.5 Å². The third-order valence-electron chi connectivity index (χ3n) is 3.11. The maximum absolute atomic E-state index is 12.0. The van der Waals surface area contributed by atoms with E-state index in [1.54, 1.807) is 14.2 Å². The molecule has 0 saturated heterocycles. The first-order valence-corrected chi connectivity index (χ1v) is 6.50. The van der Waals surface area contributed by atoms with Gasteiger partial charge in [-0.1, -0.05) is 19.4 Å². The second-order valence-corrected chi connectivity index (χ2v) is 4.35. The first-order chi connectivity index (χ1) is 9.72. The summed E-state index contributed by atoms with van der Waals surface area (Å²) in [6.07, 6.45) is 2.95. The molecule has 5 nitrogen and oxygen atoms in total. The molecule has 106 valence electrons. The third-order valence-corrected chi connectivity index (χ3v) is 3.11. The molecular weight excluding hydrogens is 256 g/mol. The van der Waals surface area contributed by atoms with Gasteiger partial charge in [-0.25, -0.2) is 4.98 Å². The number of para-hydroxylation sites is 1. The molecule has 0 atom stereocenters. The molecule has 0 aliphatic heterocycles. The first-order valence-electron chi connectivity index (χ1n) is 6.50. The molecule has 0 spiro atoms. The van der Waals surface area contributed by atoms with Crippen molar-refractivity contribution in [2.75, 3.05) is 14.2 Å². The number of aromatic amines is 1. The Morgan fingerprint density at radius 3 is 2.70 bits per heavy atom. The molecule has 0 saturated carbocycles. The molecule has 0 unspecified atom stereocenters. The Bertz CT molecular complexity index is 650. The van der Waals surface area contributed by atoms with E-state index < -0.39 is 0 Å². The van der Waals surface area contributed by atoms with Crippen LogP contribution in [0.3, 0.4) is 0 Å². The number of ether oxygens (including phenoxy) is 2. The predicted octanol–water partition coefficient (Wildman–Crippen LogP) is 2.41. The third kappa shape index (κ3) is 2.52. The van der Waals surface area contributed by atoms with Crippen molar-refractivity contribution in [2.45, 2.75) is 19.8 Å². The number of hydrogen-bond acceptors (Lipinski definition) is 4. The average molecular weight is 274 g/mol. The van der Waals surface area contributed by atoms with Gasteiger partial charge in [-0.15, -0.1) is 0 Å². The molecule has 1 heterocycles. The highest BCUT2D eigenvalue weighted by molar-refractivity contribution is 5.73. The molecular formula is C15H18N2O3. The van der Waals surface area contributed by atoms with Crippen molar-refractivity contribution in [1.29, 1.82) is 0 Å². The summed E-state index contributed by atoms with van der Waals surface area (Å²) in [7, 11) is 3.16. The van der Waals surface area contributed by atoms with E-state index in [0.29, 0.717) is 29.2 Å². The van der Waals surface area contributed by atoms with E-state index in [2.05, 4.69) is 9.97 Å². The molecule has 1 aromatic heterocycles. The van der Waals surface area contributed by atoms with Crippen LogP contribution in [0, 0.1) is 0 Å². The van der Waals surface area contributed by atoms with Gasteiger partial charge in [0.2, 0.25) is 0 Å². The Morgan fingerprint density at radius 1 is 1.25 bits per heavy atom. The van der Waals surface area contributed by atoms with E-state index in [4.69, 9.17) is 9.47 Å². The number of nitrogens with zero attached hydrogens (tertiary/aromatic N) is 1. The van der Waals surface area contributed by atoms with Crippen LogP contribution in [0.25, 0.3) is 11.3 Å². The fraction of sp³-hybridized carbons (Fsp3) is 0.333. The molecule has 0 amide bonds. The van der Waals surface area contributed by atoms with Crippen molar-refractivity contribution < 1.29 is 9.47 Å². The van der Waals surface area contributed by atoms with Gasteiger partial charge in [-0.2, -0.15) is 0 Å². The van der Waals surface area contributed by atoms with Gasteiger partial charge < -0.3 is 14.5 Å². The van der Waals surface area contributed by atoms with Gasteiger partial charge in [0.1, 0.15) is 0 Å². The lowest BCUT2D eigenvalue weighted by Crippen LogP contribution is -2.15. The Morgan fingerprint density at radius 2 is 2.05 bits per heavy atom. The van der Waals surface area contributed by atoms with Crippen LogP contribution in [0.15, 0.2) is 29.3 Å². The van der Waals surface area contributed by atoms with E-state index in [1.807, 2.05) is 25.1 Å². The molecule has 0 aliphatic rings. The molecule has 0 fully saturated rings. The highest BCUT2D eigenvalue weighted by Gasteiger charge is 2.17. The summed E-state index contributed by atoms with van der Waals surface area (Å²) < 4.78 is 10.7. The van der Waals surface area contributed by atoms with Gasteiger partial charge in [0, 0.05) is 11.1 Å². The zero-order valence-corrected chi connectivity index (χ0v) is 11.9. The van der Waals surface area contributed by atoms with Gasteiger partial charge in [-0.3, -0.25) is 4.79 Å². The largest absolute Gasteiger partial charge is 0.493 e. The van der Waals surface area contributed by atoms with Gasteiger partial charge in [0.25, 0.3) is 5.56 Å². The number of nitrogens with one attached hydrogen (secondary N) is 1. The number of aromatic nitrogens is 2. The van der Waals surface area contributed by atoms with Gasteiger partial charge >= 0.3 is 0 Å². The fourth-order valence-electron chi connectivity index (χ4n) is 2.22. The minimum Gasteiger partial charge on any atom is -0.493 e. The van der Waals surface area contributed by atoms with Crippen molar-refractivity contribution in [3.8, 4) is 22.8 Å². The van der Waals surface area contributed by atoms with Crippen LogP contribution in [0.2, 0.25) is 0 Å². The molecule has 5 heteroatoms. The summed E-state index contributed by atoms with van der Waals surface area (Å²) in [6.45, 7) is 2.03. The van der Waals surface area contributed by atoms with Crippen LogP contribution in [-0.4, -0.2) is 24.2 Å². The summed E-state index contributed by atoms with van der Waals surface area (Å²) in [4.78, 5) is 18.9. The van der Waals surface area contributed by atoms with E-state index in [1.165, 1.54) is 6.33 Å². The molecule has 0 aliphatic carbocycles. The lowest BCUT2D eigenvalue weighted by Gasteiger charge is -2.13. The summed E-state index contributed by atoms with van der Waals surface area (Å²) in [5, 5.41) is 0. The van der Waals surface area contributed by atoms with Crippen LogP contribution < -0.4 is 15.0 Å². The monoisotopic (exact) mass is 274 g/mol. The number of H-pyrrole nitrogens is 1. The van der Waals surface area contributed by atoms with Gasteiger partial charge in [-0.05, 0) is 18.6 Å². The Labute approximate surface area is 117 Å². The molecule has 20 heavy (non-hydrogen) atoms. The standard InChI is InChI=1S/C15H18N2O3/c1-4-6-11-13(16-9-17-15(11)18)10-7-5-8-12(19-2)14(10)20-3/h5,7-9H,4,6H2,1-3H3,(H,16,17,18). The zero-order valence-electron chi connectivity index (χ0n) is 11.9. The summed E-state index contributed by atoms with van der Waals surface area (Å²) >= 11 is 0. The quantitative estimate of drug-likeness (QED) is 0.909. The molecule has 1 N–H and O–H groups in total. The average Bonchev–Trinajstić information content (AvgIpc) is 2.48. The number of benzene rings is 1. The second kappa shape index (κ2) is 6.23. The normalized spacial score (nSPS) is 10.3. The van der Waals surface area contributed by atoms with Crippen molar-refractivity contribution in [2.24, 2.45) is 0 Å². The molecule has 2 aromatic rings. The van der Waals surface area contributed by atoms with Crippen LogP contribution in [0.4, 0.5) is 0 Å². The van der Waals surface area contributed by atoms with Crippen molar-refractivity contribution in [3.05, 3.63) is 40.4 Å². The van der Waals surface area contributed by atoms with E-state index in [0.717, 1.165) is 12.0 Å². The highest BCUT2D eigenvalue weighted by atomic mass is 16.5. The highest BCUT2D eigenvalue weighted by Crippen LogP contribution is 2.37. The molecule has 0 radical (unpaired) electrons. The van der Waals surface area contributed by atoms with Crippen LogP contribution in [0.5, 0.6) is 11.5 Å². The molecule has 1 aromatic carbocycles. The maximum Gasteiger partial charge on any atom is 0.254 e. The minimum atomic E-state index is -0.110. The van der Waals surface area contributed by atoms with Gasteiger partial charge in [0.05, 0.1) is 26.2 Å². The van der Waals surface area contributed by atoms with Crippen LogP contribution in [0.1, 0.15) is 18.9 Å². The first kappa shape index (κ1) is 14.1. The predicted molar refractivity (Wildman–Crippen MR) is 77.4 cm³/mol. The fourth-order valence-corrected chi connectivity index (χ4v) is 2.22. The minimum absolute atomic E-state index is 0.110. The van der Waals surface area contributed by atoms with Crippen LogP contribution in [-0.2, 0) is 6.42 Å². The number of rotatable bonds is 5. The maximum atomic E-state index is 12.0. The smallest absolute Gasteiger partial charge is 0.254 e. The Hall–Kier alpha value is -2.30. The summed E-state index contributed by atoms with van der Waals surface area (Å²) in [6, 6.07) is 5.55. The number of hydrogen-bond donors (Lipinski definition) is 1. The number of methoxy groups -OCH3 is 2. The summed E-state index contributed by atoms with van der Waals surface area (Å²) in [5.41, 5.74) is 1.97. The second-order valence-electron chi connectivity index (χ2n) is 4.35. The summed E-state index contributed by atoms with van der Waals surface area (Å²) in [5.74, 6) is 1.21. The Balaban J connectivity index is 2.68. The molecule has 0 bridgehead atoms. The zero-order chi connectivity index (χ0) is 14.5. The molecule has 2 rings (SSSR count). The van der Waals surface area contributed by atoms with Crippen molar-refractivity contribution in [3.63, 3.8) is 0 Å². The lowest BCUT2D eigenvalue weighted by atomic mass is 10.0. The Kier molecular flexibility index (Phi) is 4.40. The van der Waals surface area contributed by atoms with Crippen LogP contribution >= 0.6 is 0 Å². The topological polar surface area (TPSA) is 64.2 Å². The van der Waals surface area contributed by atoms with E-state index >= 15 is 0 Å². The van der Waals surface area contributed by atoms with Crippen molar-refractivity contribution in [1.82, 2.24) is 9.97 Å². The van der Waals surface area contributed by atoms with E-state index in [-0.39, 0.29) is 5.56 Å². The van der Waals surface area contributed by atoms with E-state index in [9.17, 15) is 4.79 Å². The lowest BCUT2D eigenvalue weighted by molar-refractivity contribution is 0.356. The van der Waals surface area contributed by atoms with Crippen molar-refractivity contribution >= 4 is 0 Å². The SMILES string of the molecule is CCCc1c(-c2cccc(OC)c2OC)nc[nH]c1=O.